The van der Waals surface area contributed by atoms with E-state index in [1.807, 2.05) is 32.0 Å². The van der Waals surface area contributed by atoms with Gasteiger partial charge in [0.25, 0.3) is 11.8 Å². The van der Waals surface area contributed by atoms with E-state index in [4.69, 9.17) is 29.4 Å². The molecule has 5 rings (SSSR count). The summed E-state index contributed by atoms with van der Waals surface area (Å²) in [7, 11) is 6.14. The zero-order chi connectivity index (χ0) is 71.0. The van der Waals surface area contributed by atoms with Crippen molar-refractivity contribution in [3.8, 4) is 0 Å². The lowest BCUT2D eigenvalue weighted by Gasteiger charge is -2.43. The van der Waals surface area contributed by atoms with Gasteiger partial charge in [-0.05, 0) is 100 Å². The molecule has 2 aliphatic heterocycles. The van der Waals surface area contributed by atoms with Gasteiger partial charge < -0.3 is 76.2 Å². The number of urea groups is 1. The predicted octanol–water partition coefficient (Wildman–Crippen LogP) is 4.43. The number of ether oxygens (including phenoxy) is 5. The van der Waals surface area contributed by atoms with Crippen LogP contribution in [0.3, 0.4) is 0 Å². The monoisotopic (exact) mass is 1350 g/mol. The fourth-order valence-corrected chi connectivity index (χ4v) is 12.2. The quantitative estimate of drug-likeness (QED) is 0.0345. The molecule has 2 aromatic rings. The number of hydrogen-bond acceptors (Lipinski definition) is 17. The van der Waals surface area contributed by atoms with E-state index in [0.29, 0.717) is 36.2 Å². The van der Waals surface area contributed by atoms with Crippen LogP contribution in [-0.4, -0.2) is 212 Å². The van der Waals surface area contributed by atoms with Crippen molar-refractivity contribution in [2.45, 2.75) is 186 Å². The first kappa shape index (κ1) is 78.5. The van der Waals surface area contributed by atoms with E-state index in [2.05, 4.69) is 31.9 Å². The third kappa shape index (κ3) is 22.4. The summed E-state index contributed by atoms with van der Waals surface area (Å²) in [6.07, 6.45) is 4.12. The second-order valence-electron chi connectivity index (χ2n) is 26.1. The zero-order valence-corrected chi connectivity index (χ0v) is 57.7. The van der Waals surface area contributed by atoms with Gasteiger partial charge in [-0.3, -0.25) is 48.2 Å². The number of nitrogens with zero attached hydrogens (tertiary/aromatic N) is 4. The summed E-state index contributed by atoms with van der Waals surface area (Å²) in [5.41, 5.74) is 5.16. The summed E-state index contributed by atoms with van der Waals surface area (Å²) in [6.45, 7) is 13.6. The third-order valence-electron chi connectivity index (χ3n) is 18.3. The number of benzene rings is 2. The van der Waals surface area contributed by atoms with Crippen LogP contribution < -0.4 is 37.6 Å². The second-order valence-corrected chi connectivity index (χ2v) is 26.1. The van der Waals surface area contributed by atoms with Gasteiger partial charge in [-0.25, -0.2) is 14.4 Å². The number of carbonyl (C=O) groups excluding carboxylic acids is 11. The lowest BCUT2D eigenvalue weighted by atomic mass is 9.80. The maximum Gasteiger partial charge on any atom is 0.410 e. The second kappa shape index (κ2) is 37.9. The predicted molar refractivity (Wildman–Crippen MR) is 355 cm³/mol. The minimum Gasteiger partial charge on any atom is -0.447 e. The summed E-state index contributed by atoms with van der Waals surface area (Å²) >= 11 is 0. The number of nitrogens with two attached hydrogens (primary N) is 1. The molecule has 28 nitrogen and oxygen atoms in total. The first-order valence-corrected chi connectivity index (χ1v) is 33.2. The number of likely N-dealkylation sites (tertiary alicyclic amines) is 1. The lowest BCUT2D eigenvalue weighted by molar-refractivity contribution is -0.149. The van der Waals surface area contributed by atoms with Gasteiger partial charge in [0.05, 0.1) is 68.5 Å². The standard InChI is InChI=1S/C68H103N11O17/c1-41(2)55(75-66(90)95-38-37-94-36-35-79-52(80)31-32-53(79)81)62(86)73-49(25-19-33-70-65(69)89)61(85)72-48-29-27-45(28-30-48)40-96-67(91)77(10)68(7,8)64(88)74-56(42(3)4)63(87)76(9)57(46-21-15-13-16-22-46)51(92-11)39-54(82)78-34-20-26-50(78)59(93-12)43(5)60(84)71-44(6)58(83)47-23-17-14-18-24-47/h14,17-18,23-24,27-32,41-44,46,49-51,55-59,83H,13,15-16,19-22,25-26,33-40H2,1-12H3,(H,71,84)(H,72,85)(H,73,86)(H,74,88)(H,75,90)(H3,69,70,89). The highest BCUT2D eigenvalue weighted by molar-refractivity contribution is 6.12. The Bertz CT molecular complexity index is 2960. The van der Waals surface area contributed by atoms with Crippen LogP contribution in [0.4, 0.5) is 20.1 Å². The van der Waals surface area contributed by atoms with E-state index in [9.17, 15) is 57.8 Å². The normalized spacial score (nSPS) is 17.8. The SMILES string of the molecule is COC(CC(=O)N1CCCC1C(OC)C(C)C(=O)NC(C)C(O)c1ccccc1)C(C1CCCCC1)N(C)C(=O)C(NC(=O)C(C)(C)N(C)C(=O)OCc1ccc(NC(=O)C(CCCNC(N)=O)NC(=O)C(NC(=O)OCCOCCN2C(=O)C=CC2=O)C(C)C)cc1)C(C)C. The Balaban J connectivity index is 1.17. The number of hydrogen-bond donors (Lipinski definition) is 8. The average Bonchev–Trinajstić information content (AvgIpc) is 1.17. The van der Waals surface area contributed by atoms with E-state index in [1.54, 1.807) is 80.9 Å². The maximum absolute atomic E-state index is 15.0. The van der Waals surface area contributed by atoms with E-state index < -0.39 is 132 Å². The highest BCUT2D eigenvalue weighted by atomic mass is 16.6. The fourth-order valence-electron chi connectivity index (χ4n) is 12.2. The van der Waals surface area contributed by atoms with E-state index in [0.717, 1.165) is 54.1 Å². The summed E-state index contributed by atoms with van der Waals surface area (Å²) < 4.78 is 28.4. The van der Waals surface area contributed by atoms with E-state index in [-0.39, 0.29) is 76.5 Å². The molecule has 1 saturated heterocycles. The van der Waals surface area contributed by atoms with Gasteiger partial charge in [0, 0.05) is 59.2 Å². The Kier molecular flexibility index (Phi) is 31.0. The van der Waals surface area contributed by atoms with Crippen molar-refractivity contribution in [1.29, 1.82) is 0 Å². The number of alkyl carbamates (subject to hydrolysis) is 1. The smallest absolute Gasteiger partial charge is 0.410 e. The molecule has 2 aromatic carbocycles. The van der Waals surface area contributed by atoms with Crippen molar-refractivity contribution in [2.75, 3.05) is 73.1 Å². The van der Waals surface area contributed by atoms with Gasteiger partial charge in [0.2, 0.25) is 35.4 Å². The highest BCUT2D eigenvalue weighted by Gasteiger charge is 2.46. The minimum absolute atomic E-state index is 0.0101. The van der Waals surface area contributed by atoms with Crippen LogP contribution in [0.25, 0.3) is 0 Å². The summed E-state index contributed by atoms with van der Waals surface area (Å²) in [4.78, 5) is 152. The van der Waals surface area contributed by atoms with Crippen LogP contribution in [0.5, 0.6) is 0 Å². The van der Waals surface area contributed by atoms with Crippen molar-refractivity contribution in [3.63, 3.8) is 0 Å². The average molecular weight is 1350 g/mol. The molecule has 0 spiro atoms. The maximum atomic E-state index is 15.0. The molecule has 0 radical (unpaired) electrons. The molecule has 1 saturated carbocycles. The summed E-state index contributed by atoms with van der Waals surface area (Å²) in [5.74, 6) is -5.41. The van der Waals surface area contributed by atoms with Crippen molar-refractivity contribution in [1.82, 2.24) is 46.2 Å². The van der Waals surface area contributed by atoms with Gasteiger partial charge in [-0.1, -0.05) is 96.3 Å². The van der Waals surface area contributed by atoms with Crippen molar-refractivity contribution < 1.29 is 81.5 Å². The number of aliphatic hydroxyl groups excluding tert-OH is 1. The number of carbonyl (C=O) groups is 11. The largest absolute Gasteiger partial charge is 0.447 e. The molecule has 532 valence electrons. The van der Waals surface area contributed by atoms with Crippen molar-refractivity contribution in [2.24, 2.45) is 29.4 Å². The number of anilines is 1. The summed E-state index contributed by atoms with van der Waals surface area (Å²) in [6, 6.07) is 9.61. The Morgan fingerprint density at radius 2 is 1.38 bits per heavy atom. The van der Waals surface area contributed by atoms with Gasteiger partial charge in [0.15, 0.2) is 0 Å². The molecule has 96 heavy (non-hydrogen) atoms. The van der Waals surface area contributed by atoms with Gasteiger partial charge >= 0.3 is 18.2 Å². The first-order chi connectivity index (χ1) is 45.5. The number of imide groups is 1. The molecule has 1 aliphatic carbocycles. The Morgan fingerprint density at radius 3 is 1.98 bits per heavy atom. The molecule has 28 heteroatoms. The van der Waals surface area contributed by atoms with Crippen LogP contribution in [0.2, 0.25) is 0 Å². The highest BCUT2D eigenvalue weighted by Crippen LogP contribution is 2.35. The van der Waals surface area contributed by atoms with Crippen molar-refractivity contribution in [3.05, 3.63) is 77.9 Å². The topological polar surface area (TPSA) is 365 Å². The molecule has 10 atom stereocenters. The van der Waals surface area contributed by atoms with Crippen LogP contribution in [0.1, 0.15) is 137 Å². The molecule has 12 amide bonds. The van der Waals surface area contributed by atoms with Crippen LogP contribution in [0.15, 0.2) is 66.7 Å². The van der Waals surface area contributed by atoms with Crippen LogP contribution in [0, 0.1) is 23.7 Å². The minimum atomic E-state index is -1.55. The number of nitrogens with one attached hydrogen (secondary N) is 6. The third-order valence-corrected chi connectivity index (χ3v) is 18.3. The molecular formula is C68H103N11O17. The Hall–Kier alpha value is -8.21. The Labute approximate surface area is 563 Å². The molecule has 2 heterocycles. The van der Waals surface area contributed by atoms with E-state index in [1.165, 1.54) is 35.1 Å². The zero-order valence-electron chi connectivity index (χ0n) is 57.7. The lowest BCUT2D eigenvalue weighted by Crippen LogP contribution is -2.62. The first-order valence-electron chi connectivity index (χ1n) is 33.2. The van der Waals surface area contributed by atoms with Gasteiger partial charge in [0.1, 0.15) is 36.9 Å². The van der Waals surface area contributed by atoms with Gasteiger partial charge in [-0.2, -0.15) is 0 Å². The molecule has 0 bridgehead atoms. The molecule has 2 fully saturated rings. The number of likely N-dealkylation sites (N-methyl/N-ethyl adjacent to an activating group) is 2. The molecular weight excluding hydrogens is 1240 g/mol. The summed E-state index contributed by atoms with van der Waals surface area (Å²) in [5, 5.41) is 27.3. The molecule has 10 unspecified atom stereocenters. The van der Waals surface area contributed by atoms with Crippen LogP contribution in [-0.2, 0) is 68.6 Å². The number of methoxy groups -OCH3 is 2. The van der Waals surface area contributed by atoms with E-state index >= 15 is 0 Å². The number of amides is 12. The fraction of sp³-hybridized carbons (Fsp3) is 0.632. The van der Waals surface area contributed by atoms with Crippen LogP contribution >= 0.6 is 0 Å². The van der Waals surface area contributed by atoms with Crippen molar-refractivity contribution >= 4 is 71.2 Å². The Morgan fingerprint density at radius 1 is 0.729 bits per heavy atom. The molecule has 9 N–H and O–H groups in total. The molecule has 3 aliphatic rings. The molecule has 0 aromatic heterocycles. The van der Waals surface area contributed by atoms with Gasteiger partial charge in [-0.15, -0.1) is 0 Å². The number of primary amides is 1. The number of aliphatic hydroxyl groups is 1. The number of rotatable bonds is 36.